The highest BCUT2D eigenvalue weighted by atomic mass is 15.1. The van der Waals surface area contributed by atoms with Gasteiger partial charge in [-0.05, 0) is 31.8 Å². The van der Waals surface area contributed by atoms with Gasteiger partial charge in [0.05, 0.1) is 0 Å². The third kappa shape index (κ3) is 0.867. The van der Waals surface area contributed by atoms with Gasteiger partial charge in [-0.1, -0.05) is 6.92 Å². The monoisotopic (exact) mass is 140 g/mol. The summed E-state index contributed by atoms with van der Waals surface area (Å²) in [5, 5.41) is 7.07. The molecule has 2 nitrogen and oxygen atoms in total. The second-order valence-electron chi connectivity index (χ2n) is 3.44. The molecular formula is C8H16N2. The van der Waals surface area contributed by atoms with Crippen LogP contribution in [-0.2, 0) is 0 Å². The van der Waals surface area contributed by atoms with Crippen LogP contribution < -0.4 is 10.6 Å². The summed E-state index contributed by atoms with van der Waals surface area (Å²) in [7, 11) is 0. The Kier molecular flexibility index (Phi) is 1.66. The lowest BCUT2D eigenvalue weighted by atomic mass is 10.1. The second kappa shape index (κ2) is 2.51. The maximum Gasteiger partial charge on any atom is 0.0261 e. The van der Waals surface area contributed by atoms with E-state index in [0.717, 1.165) is 24.5 Å². The molecule has 1 heterocycles. The molecule has 2 N–H and O–H groups in total. The van der Waals surface area contributed by atoms with Gasteiger partial charge in [-0.25, -0.2) is 0 Å². The predicted molar refractivity (Wildman–Crippen MR) is 42.0 cm³/mol. The average molecular weight is 140 g/mol. The van der Waals surface area contributed by atoms with Gasteiger partial charge in [-0.3, -0.25) is 0 Å². The quantitative estimate of drug-likeness (QED) is 0.578. The zero-order valence-electron chi connectivity index (χ0n) is 6.56. The molecule has 2 fully saturated rings. The van der Waals surface area contributed by atoms with Crippen LogP contribution >= 0.6 is 0 Å². The summed E-state index contributed by atoms with van der Waals surface area (Å²) >= 11 is 0. The van der Waals surface area contributed by atoms with Crippen LogP contribution in [0.15, 0.2) is 0 Å². The molecule has 2 bridgehead atoms. The number of rotatable bonds is 2. The molecule has 0 aromatic rings. The van der Waals surface area contributed by atoms with E-state index in [2.05, 4.69) is 17.6 Å². The molecule has 0 aromatic heterocycles. The van der Waals surface area contributed by atoms with Crippen molar-refractivity contribution in [2.24, 2.45) is 5.92 Å². The first kappa shape index (κ1) is 6.62. The lowest BCUT2D eigenvalue weighted by molar-refractivity contribution is 0.464. The molecule has 0 amide bonds. The number of hydrogen-bond donors (Lipinski definition) is 2. The Hall–Kier alpha value is -0.0800. The molecule has 10 heavy (non-hydrogen) atoms. The van der Waals surface area contributed by atoms with Gasteiger partial charge < -0.3 is 10.6 Å². The molecule has 1 aliphatic carbocycles. The van der Waals surface area contributed by atoms with E-state index < -0.39 is 0 Å². The fraction of sp³-hybridized carbons (Fsp3) is 1.00. The summed E-state index contributed by atoms with van der Waals surface area (Å²) in [5.41, 5.74) is 0. The van der Waals surface area contributed by atoms with Crippen molar-refractivity contribution in [1.29, 1.82) is 0 Å². The fourth-order valence-electron chi connectivity index (χ4n) is 2.39. The lowest BCUT2D eigenvalue weighted by Gasteiger charge is -2.14. The highest BCUT2D eigenvalue weighted by Gasteiger charge is 2.40. The fourth-order valence-corrected chi connectivity index (χ4v) is 2.39. The van der Waals surface area contributed by atoms with E-state index in [1.807, 2.05) is 0 Å². The molecule has 0 spiro atoms. The van der Waals surface area contributed by atoms with Crippen LogP contribution in [-0.4, -0.2) is 25.2 Å². The van der Waals surface area contributed by atoms with E-state index in [-0.39, 0.29) is 0 Å². The Morgan fingerprint density at radius 3 is 2.80 bits per heavy atom. The van der Waals surface area contributed by atoms with Crippen molar-refractivity contribution in [3.8, 4) is 0 Å². The normalized spacial score (nSPS) is 44.7. The number of hydrogen-bond acceptors (Lipinski definition) is 2. The maximum atomic E-state index is 3.54. The summed E-state index contributed by atoms with van der Waals surface area (Å²) in [6.45, 7) is 4.57. The Bertz CT molecular complexity index is 104. The Balaban J connectivity index is 1.96. The molecule has 2 rings (SSSR count). The van der Waals surface area contributed by atoms with Crippen molar-refractivity contribution < 1.29 is 0 Å². The van der Waals surface area contributed by atoms with Gasteiger partial charge in [0.2, 0.25) is 0 Å². The molecule has 1 saturated heterocycles. The van der Waals surface area contributed by atoms with E-state index in [1.54, 1.807) is 0 Å². The third-order valence-electron chi connectivity index (χ3n) is 2.87. The van der Waals surface area contributed by atoms with Gasteiger partial charge in [-0.2, -0.15) is 0 Å². The molecule has 0 radical (unpaired) electrons. The van der Waals surface area contributed by atoms with Crippen LogP contribution in [0.25, 0.3) is 0 Å². The average Bonchev–Trinajstić information content (AvgIpc) is 2.50. The number of piperidine rings is 1. The third-order valence-corrected chi connectivity index (χ3v) is 2.87. The Morgan fingerprint density at radius 1 is 1.50 bits per heavy atom. The molecule has 3 unspecified atom stereocenters. The van der Waals surface area contributed by atoms with E-state index in [0.29, 0.717) is 0 Å². The zero-order valence-corrected chi connectivity index (χ0v) is 6.56. The minimum Gasteiger partial charge on any atom is -0.312 e. The van der Waals surface area contributed by atoms with Crippen LogP contribution in [0.4, 0.5) is 0 Å². The number of fused-ring (bicyclic) bond motifs is 2. The van der Waals surface area contributed by atoms with Gasteiger partial charge >= 0.3 is 0 Å². The Morgan fingerprint density at radius 2 is 2.40 bits per heavy atom. The molecule has 1 saturated carbocycles. The molecule has 0 aromatic carbocycles. The van der Waals surface area contributed by atoms with Gasteiger partial charge in [-0.15, -0.1) is 0 Å². The smallest absolute Gasteiger partial charge is 0.0261 e. The van der Waals surface area contributed by atoms with Gasteiger partial charge in [0.25, 0.3) is 0 Å². The molecule has 58 valence electrons. The predicted octanol–water partition coefficient (Wildman–Crippen LogP) is 0.346. The SMILES string of the molecule is CCNC1C2CCC1NC2. The van der Waals surface area contributed by atoms with Crippen molar-refractivity contribution >= 4 is 0 Å². The van der Waals surface area contributed by atoms with E-state index in [9.17, 15) is 0 Å². The zero-order chi connectivity index (χ0) is 6.97. The van der Waals surface area contributed by atoms with E-state index in [4.69, 9.17) is 0 Å². The summed E-state index contributed by atoms with van der Waals surface area (Å²) in [5.74, 6) is 0.935. The molecular weight excluding hydrogens is 124 g/mol. The summed E-state index contributed by atoms with van der Waals surface area (Å²) < 4.78 is 0. The van der Waals surface area contributed by atoms with Crippen LogP contribution in [0.3, 0.4) is 0 Å². The first-order chi connectivity index (χ1) is 4.92. The molecule has 2 heteroatoms. The maximum absolute atomic E-state index is 3.54. The standard InChI is InChI=1S/C8H16N2/c1-2-9-8-6-3-4-7(8)10-5-6/h6-10H,2-5H2,1H3. The largest absolute Gasteiger partial charge is 0.312 e. The topological polar surface area (TPSA) is 24.1 Å². The minimum atomic E-state index is 0.796. The van der Waals surface area contributed by atoms with Crippen LogP contribution in [0, 0.1) is 5.92 Å². The van der Waals surface area contributed by atoms with Crippen molar-refractivity contribution in [1.82, 2.24) is 10.6 Å². The summed E-state index contributed by atoms with van der Waals surface area (Å²) in [4.78, 5) is 0. The first-order valence-corrected chi connectivity index (χ1v) is 4.38. The van der Waals surface area contributed by atoms with Crippen LogP contribution in [0.1, 0.15) is 19.8 Å². The molecule has 2 aliphatic rings. The van der Waals surface area contributed by atoms with Gasteiger partial charge in [0, 0.05) is 12.1 Å². The van der Waals surface area contributed by atoms with Crippen molar-refractivity contribution in [2.45, 2.75) is 31.8 Å². The Labute approximate surface area is 62.4 Å². The van der Waals surface area contributed by atoms with E-state index in [1.165, 1.54) is 19.4 Å². The van der Waals surface area contributed by atoms with Gasteiger partial charge in [0.15, 0.2) is 0 Å². The van der Waals surface area contributed by atoms with Gasteiger partial charge in [0.1, 0.15) is 0 Å². The molecule has 1 aliphatic heterocycles. The first-order valence-electron chi connectivity index (χ1n) is 4.38. The highest BCUT2D eigenvalue weighted by Crippen LogP contribution is 2.30. The van der Waals surface area contributed by atoms with Crippen LogP contribution in [0.2, 0.25) is 0 Å². The number of nitrogens with one attached hydrogen (secondary N) is 2. The van der Waals surface area contributed by atoms with Crippen molar-refractivity contribution in [2.75, 3.05) is 13.1 Å². The molecule has 3 atom stereocenters. The summed E-state index contributed by atoms with van der Waals surface area (Å²) in [6.07, 6.45) is 2.83. The van der Waals surface area contributed by atoms with Crippen molar-refractivity contribution in [3.63, 3.8) is 0 Å². The summed E-state index contributed by atoms with van der Waals surface area (Å²) in [6, 6.07) is 1.59. The lowest BCUT2D eigenvalue weighted by Crippen LogP contribution is -2.38. The highest BCUT2D eigenvalue weighted by molar-refractivity contribution is 5.01. The number of likely N-dealkylation sites (N-methyl/N-ethyl adjacent to an activating group) is 1. The van der Waals surface area contributed by atoms with E-state index >= 15 is 0 Å². The van der Waals surface area contributed by atoms with Crippen LogP contribution in [0.5, 0.6) is 0 Å². The van der Waals surface area contributed by atoms with Crippen molar-refractivity contribution in [3.05, 3.63) is 0 Å². The minimum absolute atomic E-state index is 0.796. The second-order valence-corrected chi connectivity index (χ2v) is 3.44.